The maximum atomic E-state index is 11.8. The highest BCUT2D eigenvalue weighted by molar-refractivity contribution is 6.31. The lowest BCUT2D eigenvalue weighted by Gasteiger charge is -1.95. The minimum Gasteiger partial charge on any atom is -0.289 e. The van der Waals surface area contributed by atoms with E-state index in [2.05, 4.69) is 0 Å². The summed E-state index contributed by atoms with van der Waals surface area (Å²) in [6, 6.07) is 14.3. The van der Waals surface area contributed by atoms with Crippen molar-refractivity contribution in [2.75, 3.05) is 0 Å². The number of benzene rings is 2. The summed E-state index contributed by atoms with van der Waals surface area (Å²) in [7, 11) is 0. The molecule has 0 bridgehead atoms. The lowest BCUT2D eigenvalue weighted by Crippen LogP contribution is -1.92. The van der Waals surface area contributed by atoms with Crippen LogP contribution in [0.1, 0.15) is 15.9 Å². The van der Waals surface area contributed by atoms with Gasteiger partial charge >= 0.3 is 0 Å². The van der Waals surface area contributed by atoms with Gasteiger partial charge in [-0.05, 0) is 48.0 Å². The minimum atomic E-state index is -0.0533. The fourth-order valence-corrected chi connectivity index (χ4v) is 1.85. The third-order valence-electron chi connectivity index (χ3n) is 2.65. The van der Waals surface area contributed by atoms with E-state index in [1.807, 2.05) is 36.4 Å². The van der Waals surface area contributed by atoms with E-state index in [0.29, 0.717) is 15.6 Å². The molecule has 2 aromatic carbocycles. The number of allylic oxidation sites excluding steroid dienone is 3. The third kappa shape index (κ3) is 4.37. The maximum absolute atomic E-state index is 11.8. The Morgan fingerprint density at radius 1 is 0.800 bits per heavy atom. The molecule has 0 radical (unpaired) electrons. The van der Waals surface area contributed by atoms with E-state index >= 15 is 0 Å². The van der Waals surface area contributed by atoms with Crippen LogP contribution in [0.15, 0.2) is 66.8 Å². The molecule has 3 heteroatoms. The van der Waals surface area contributed by atoms with E-state index in [-0.39, 0.29) is 5.78 Å². The molecular weight excluding hydrogens is 291 g/mol. The molecular formula is C17H12Cl2O. The van der Waals surface area contributed by atoms with E-state index in [1.54, 1.807) is 30.3 Å². The SMILES string of the molecule is O=C(/C=C/C=C/c1ccc(Cl)cc1)c1ccc(Cl)cc1. The van der Waals surface area contributed by atoms with Gasteiger partial charge in [-0.1, -0.05) is 53.6 Å². The average molecular weight is 303 g/mol. The smallest absolute Gasteiger partial charge is 0.185 e. The Balaban J connectivity index is 1.97. The number of hydrogen-bond acceptors (Lipinski definition) is 1. The van der Waals surface area contributed by atoms with Gasteiger partial charge in [-0.2, -0.15) is 0 Å². The average Bonchev–Trinajstić information content (AvgIpc) is 2.46. The lowest BCUT2D eigenvalue weighted by molar-refractivity contribution is 0.104. The second kappa shape index (κ2) is 7.09. The van der Waals surface area contributed by atoms with Gasteiger partial charge in [0.25, 0.3) is 0 Å². The number of ketones is 1. The fraction of sp³-hybridized carbons (Fsp3) is 0. The summed E-state index contributed by atoms with van der Waals surface area (Å²) in [4.78, 5) is 11.8. The van der Waals surface area contributed by atoms with Gasteiger partial charge in [0.1, 0.15) is 0 Å². The fourth-order valence-electron chi connectivity index (χ4n) is 1.59. The molecule has 0 spiro atoms. The first-order valence-electron chi connectivity index (χ1n) is 6.05. The predicted octanol–water partition coefficient (Wildman–Crippen LogP) is 5.45. The van der Waals surface area contributed by atoms with Gasteiger partial charge in [-0.15, -0.1) is 0 Å². The Kier molecular flexibility index (Phi) is 5.16. The molecule has 0 unspecified atom stereocenters. The monoisotopic (exact) mass is 302 g/mol. The van der Waals surface area contributed by atoms with Crippen molar-refractivity contribution < 1.29 is 4.79 Å². The summed E-state index contributed by atoms with van der Waals surface area (Å²) >= 11 is 11.6. The number of carbonyl (C=O) groups is 1. The molecule has 0 fully saturated rings. The summed E-state index contributed by atoms with van der Waals surface area (Å²) in [5.41, 5.74) is 1.64. The zero-order valence-electron chi connectivity index (χ0n) is 10.6. The Labute approximate surface area is 128 Å². The number of rotatable bonds is 4. The van der Waals surface area contributed by atoms with Gasteiger partial charge < -0.3 is 0 Å². The standard InChI is InChI=1S/C17H12Cl2O/c18-15-9-5-13(6-10-15)3-1-2-4-17(20)14-7-11-16(19)12-8-14/h1-12H/b3-1+,4-2+. The molecule has 0 aliphatic carbocycles. The van der Waals surface area contributed by atoms with E-state index in [4.69, 9.17) is 23.2 Å². The van der Waals surface area contributed by atoms with Gasteiger partial charge in [-0.25, -0.2) is 0 Å². The Hall–Kier alpha value is -1.83. The molecule has 0 aliphatic rings. The van der Waals surface area contributed by atoms with Gasteiger partial charge in [0, 0.05) is 15.6 Å². The van der Waals surface area contributed by atoms with Gasteiger partial charge in [0.05, 0.1) is 0 Å². The second-order valence-electron chi connectivity index (χ2n) is 4.14. The summed E-state index contributed by atoms with van der Waals surface area (Å²) in [6.07, 6.45) is 6.96. The quantitative estimate of drug-likeness (QED) is 0.417. The second-order valence-corrected chi connectivity index (χ2v) is 5.01. The van der Waals surface area contributed by atoms with Crippen LogP contribution >= 0.6 is 23.2 Å². The van der Waals surface area contributed by atoms with Gasteiger partial charge in [0.2, 0.25) is 0 Å². The number of halogens is 2. The molecule has 0 saturated heterocycles. The summed E-state index contributed by atoms with van der Waals surface area (Å²) in [6.45, 7) is 0. The molecule has 0 saturated carbocycles. The van der Waals surface area contributed by atoms with E-state index in [1.165, 1.54) is 6.08 Å². The summed E-state index contributed by atoms with van der Waals surface area (Å²) in [5, 5.41) is 1.32. The number of hydrogen-bond donors (Lipinski definition) is 0. The van der Waals surface area contributed by atoms with Crippen LogP contribution in [0.4, 0.5) is 0 Å². The van der Waals surface area contributed by atoms with Gasteiger partial charge in [0.15, 0.2) is 5.78 Å². The molecule has 1 nitrogen and oxygen atoms in total. The van der Waals surface area contributed by atoms with E-state index in [0.717, 1.165) is 5.56 Å². The van der Waals surface area contributed by atoms with Crippen LogP contribution in [-0.2, 0) is 0 Å². The molecule has 0 atom stereocenters. The molecule has 100 valence electrons. The van der Waals surface area contributed by atoms with Crippen LogP contribution in [0.25, 0.3) is 6.08 Å². The van der Waals surface area contributed by atoms with Crippen molar-refractivity contribution in [3.05, 3.63) is 87.9 Å². The molecule has 0 amide bonds. The Morgan fingerprint density at radius 3 is 1.95 bits per heavy atom. The van der Waals surface area contributed by atoms with Crippen LogP contribution < -0.4 is 0 Å². The van der Waals surface area contributed by atoms with Crippen molar-refractivity contribution in [1.29, 1.82) is 0 Å². The molecule has 2 aromatic rings. The van der Waals surface area contributed by atoms with Crippen LogP contribution in [0, 0.1) is 0 Å². The summed E-state index contributed by atoms with van der Waals surface area (Å²) in [5.74, 6) is -0.0533. The zero-order valence-corrected chi connectivity index (χ0v) is 12.1. The summed E-state index contributed by atoms with van der Waals surface area (Å²) < 4.78 is 0. The van der Waals surface area contributed by atoms with Crippen molar-refractivity contribution in [3.8, 4) is 0 Å². The van der Waals surface area contributed by atoms with Crippen molar-refractivity contribution in [2.45, 2.75) is 0 Å². The minimum absolute atomic E-state index is 0.0533. The Bertz CT molecular complexity index is 638. The first-order valence-corrected chi connectivity index (χ1v) is 6.81. The molecule has 0 heterocycles. The highest BCUT2D eigenvalue weighted by atomic mass is 35.5. The first-order chi connectivity index (χ1) is 9.65. The van der Waals surface area contributed by atoms with E-state index in [9.17, 15) is 4.79 Å². The first kappa shape index (κ1) is 14.6. The number of carbonyl (C=O) groups excluding carboxylic acids is 1. The largest absolute Gasteiger partial charge is 0.289 e. The van der Waals surface area contributed by atoms with Crippen molar-refractivity contribution in [2.24, 2.45) is 0 Å². The molecule has 0 N–H and O–H groups in total. The molecule has 0 aliphatic heterocycles. The maximum Gasteiger partial charge on any atom is 0.185 e. The highest BCUT2D eigenvalue weighted by Crippen LogP contribution is 2.11. The third-order valence-corrected chi connectivity index (χ3v) is 3.15. The highest BCUT2D eigenvalue weighted by Gasteiger charge is 1.99. The topological polar surface area (TPSA) is 17.1 Å². The van der Waals surface area contributed by atoms with Crippen molar-refractivity contribution in [3.63, 3.8) is 0 Å². The predicted molar refractivity (Wildman–Crippen MR) is 85.4 cm³/mol. The van der Waals surface area contributed by atoms with E-state index < -0.39 is 0 Å². The molecule has 0 aromatic heterocycles. The van der Waals surface area contributed by atoms with Crippen molar-refractivity contribution in [1.82, 2.24) is 0 Å². The van der Waals surface area contributed by atoms with Crippen LogP contribution in [0.3, 0.4) is 0 Å². The van der Waals surface area contributed by atoms with Crippen LogP contribution in [-0.4, -0.2) is 5.78 Å². The van der Waals surface area contributed by atoms with Gasteiger partial charge in [-0.3, -0.25) is 4.79 Å². The molecule has 20 heavy (non-hydrogen) atoms. The molecule has 2 rings (SSSR count). The Morgan fingerprint density at radius 2 is 1.35 bits per heavy atom. The zero-order chi connectivity index (χ0) is 14.4. The van der Waals surface area contributed by atoms with Crippen molar-refractivity contribution >= 4 is 35.1 Å². The lowest BCUT2D eigenvalue weighted by atomic mass is 10.1. The van der Waals surface area contributed by atoms with Crippen LogP contribution in [0.5, 0.6) is 0 Å². The van der Waals surface area contributed by atoms with Crippen LogP contribution in [0.2, 0.25) is 10.0 Å². The normalized spacial score (nSPS) is 11.3.